The number of guanidine groups is 1. The molecule has 1 fully saturated rings. The lowest BCUT2D eigenvalue weighted by molar-refractivity contribution is -0.140. The number of esters is 1. The van der Waals surface area contributed by atoms with Crippen molar-refractivity contribution in [2.24, 2.45) is 4.99 Å². The molecule has 0 spiro atoms. The number of methoxy groups -OCH3 is 1. The first kappa shape index (κ1) is 23.2. The van der Waals surface area contributed by atoms with Gasteiger partial charge in [-0.15, -0.1) is 24.0 Å². The maximum atomic E-state index is 11.1. The zero-order chi connectivity index (χ0) is 18.1. The molecule has 1 saturated carbocycles. The van der Waals surface area contributed by atoms with Gasteiger partial charge in [-0.2, -0.15) is 0 Å². The summed E-state index contributed by atoms with van der Waals surface area (Å²) in [7, 11) is 3.23. The molecule has 0 atom stereocenters. The first-order chi connectivity index (χ1) is 12.1. The molecule has 2 N–H and O–H groups in total. The third-order valence-corrected chi connectivity index (χ3v) is 5.39. The minimum absolute atomic E-state index is 0. The number of nitrogens with zero attached hydrogens (tertiary/aromatic N) is 1. The fourth-order valence-corrected chi connectivity index (χ4v) is 3.64. The number of hydrogen-bond donors (Lipinski definition) is 2. The Hall–Kier alpha value is -0.830. The van der Waals surface area contributed by atoms with Crippen LogP contribution in [0.15, 0.2) is 33.7 Å². The van der Waals surface area contributed by atoms with E-state index in [1.807, 2.05) is 0 Å². The van der Waals surface area contributed by atoms with Gasteiger partial charge >= 0.3 is 5.97 Å². The van der Waals surface area contributed by atoms with Crippen molar-refractivity contribution in [2.45, 2.75) is 43.9 Å². The molecule has 1 aliphatic rings. The van der Waals surface area contributed by atoms with E-state index in [0.29, 0.717) is 6.42 Å². The van der Waals surface area contributed by atoms with Crippen LogP contribution >= 0.6 is 39.9 Å². The van der Waals surface area contributed by atoms with Crippen molar-refractivity contribution in [1.29, 1.82) is 0 Å². The molecule has 1 aliphatic carbocycles. The summed E-state index contributed by atoms with van der Waals surface area (Å²) < 4.78 is 5.82. The SMILES string of the molecule is CN=C(NCCCCCC(=O)OC)NCC1(c2ccccc2Br)CC1.I. The molecule has 1 aromatic rings. The summed E-state index contributed by atoms with van der Waals surface area (Å²) in [4.78, 5) is 15.4. The number of unbranched alkanes of at least 4 members (excludes halogenated alkanes) is 2. The summed E-state index contributed by atoms with van der Waals surface area (Å²) in [6.45, 7) is 1.74. The predicted octanol–water partition coefficient (Wildman–Crippen LogP) is 4.00. The molecule has 0 amide bonds. The zero-order valence-electron chi connectivity index (χ0n) is 15.5. The van der Waals surface area contributed by atoms with Gasteiger partial charge in [0.05, 0.1) is 7.11 Å². The topological polar surface area (TPSA) is 62.7 Å². The molecule has 146 valence electrons. The van der Waals surface area contributed by atoms with E-state index in [2.05, 4.69) is 60.6 Å². The van der Waals surface area contributed by atoms with Crippen LogP contribution in [0.3, 0.4) is 0 Å². The van der Waals surface area contributed by atoms with Crippen LogP contribution in [0.4, 0.5) is 0 Å². The van der Waals surface area contributed by atoms with Gasteiger partial charge in [-0.25, -0.2) is 0 Å². The third-order valence-electron chi connectivity index (χ3n) is 4.69. The van der Waals surface area contributed by atoms with Crippen molar-refractivity contribution in [3.63, 3.8) is 0 Å². The van der Waals surface area contributed by atoms with Gasteiger partial charge in [-0.1, -0.05) is 40.5 Å². The number of halogens is 2. The summed E-state index contributed by atoms with van der Waals surface area (Å²) >= 11 is 3.67. The van der Waals surface area contributed by atoms with Gasteiger partial charge in [0.25, 0.3) is 0 Å². The van der Waals surface area contributed by atoms with Crippen molar-refractivity contribution in [2.75, 3.05) is 27.2 Å². The molecule has 2 rings (SSSR count). The summed E-state index contributed by atoms with van der Waals surface area (Å²) in [6.07, 6.45) is 5.77. The number of rotatable bonds is 9. The van der Waals surface area contributed by atoms with Gasteiger partial charge in [0.1, 0.15) is 0 Å². The number of carbonyl (C=O) groups excluding carboxylic acids is 1. The van der Waals surface area contributed by atoms with Gasteiger partial charge in [0, 0.05) is 36.4 Å². The van der Waals surface area contributed by atoms with Crippen molar-refractivity contribution in [3.8, 4) is 0 Å². The third kappa shape index (κ3) is 7.06. The Morgan fingerprint density at radius 3 is 2.58 bits per heavy atom. The van der Waals surface area contributed by atoms with Gasteiger partial charge in [0.15, 0.2) is 5.96 Å². The molecule has 26 heavy (non-hydrogen) atoms. The minimum Gasteiger partial charge on any atom is -0.469 e. The lowest BCUT2D eigenvalue weighted by atomic mass is 9.96. The average molecular weight is 538 g/mol. The summed E-state index contributed by atoms with van der Waals surface area (Å²) in [5.74, 6) is 0.707. The molecule has 0 heterocycles. The molecule has 1 aromatic carbocycles. The van der Waals surface area contributed by atoms with Crippen molar-refractivity contribution in [3.05, 3.63) is 34.3 Å². The van der Waals surface area contributed by atoms with Crippen molar-refractivity contribution >= 4 is 51.8 Å². The lowest BCUT2D eigenvalue weighted by Crippen LogP contribution is -2.41. The lowest BCUT2D eigenvalue weighted by Gasteiger charge is -2.20. The highest BCUT2D eigenvalue weighted by Crippen LogP contribution is 2.49. The van der Waals surface area contributed by atoms with E-state index >= 15 is 0 Å². The number of benzene rings is 1. The summed E-state index contributed by atoms with van der Waals surface area (Å²) in [6, 6.07) is 8.46. The van der Waals surface area contributed by atoms with Crippen LogP contribution in [0.1, 0.15) is 44.1 Å². The second kappa shape index (κ2) is 11.8. The number of hydrogen-bond acceptors (Lipinski definition) is 3. The van der Waals surface area contributed by atoms with E-state index in [9.17, 15) is 4.79 Å². The van der Waals surface area contributed by atoms with E-state index in [0.717, 1.165) is 38.3 Å². The monoisotopic (exact) mass is 537 g/mol. The molecule has 0 radical (unpaired) electrons. The number of nitrogens with one attached hydrogen (secondary N) is 2. The number of ether oxygens (including phenoxy) is 1. The van der Waals surface area contributed by atoms with E-state index < -0.39 is 0 Å². The largest absolute Gasteiger partial charge is 0.469 e. The molecule has 0 aliphatic heterocycles. The molecule has 0 saturated heterocycles. The normalized spacial score (nSPS) is 15.0. The van der Waals surface area contributed by atoms with E-state index in [1.165, 1.54) is 30.0 Å². The van der Waals surface area contributed by atoms with Crippen LogP contribution in [0.2, 0.25) is 0 Å². The van der Waals surface area contributed by atoms with Crippen molar-refractivity contribution in [1.82, 2.24) is 10.6 Å². The van der Waals surface area contributed by atoms with E-state index in [1.54, 1.807) is 7.05 Å². The van der Waals surface area contributed by atoms with Gasteiger partial charge < -0.3 is 15.4 Å². The Kier molecular flexibility index (Phi) is 10.5. The fraction of sp³-hybridized carbons (Fsp3) is 0.579. The summed E-state index contributed by atoms with van der Waals surface area (Å²) in [5.41, 5.74) is 1.60. The van der Waals surface area contributed by atoms with Crippen LogP contribution in [-0.4, -0.2) is 39.2 Å². The maximum absolute atomic E-state index is 11.1. The van der Waals surface area contributed by atoms with E-state index in [-0.39, 0.29) is 35.4 Å². The Labute approximate surface area is 181 Å². The Bertz CT molecular complexity index is 606. The minimum atomic E-state index is -0.132. The number of carbonyl (C=O) groups is 1. The highest BCUT2D eigenvalue weighted by atomic mass is 127. The Balaban J connectivity index is 0.00000338. The first-order valence-electron chi connectivity index (χ1n) is 8.87. The second-order valence-electron chi connectivity index (χ2n) is 6.50. The molecular formula is C19H29BrIN3O2. The molecule has 0 aromatic heterocycles. The Morgan fingerprint density at radius 1 is 1.23 bits per heavy atom. The summed E-state index contributed by atoms with van der Waals surface area (Å²) in [5, 5.41) is 6.81. The molecule has 7 heteroatoms. The van der Waals surface area contributed by atoms with Gasteiger partial charge in [-0.3, -0.25) is 9.79 Å². The fourth-order valence-electron chi connectivity index (χ4n) is 2.94. The van der Waals surface area contributed by atoms with Gasteiger partial charge in [0.2, 0.25) is 0 Å². The average Bonchev–Trinajstić information content (AvgIpc) is 3.41. The highest BCUT2D eigenvalue weighted by molar-refractivity contribution is 14.0. The molecular weight excluding hydrogens is 509 g/mol. The molecule has 0 unspecified atom stereocenters. The van der Waals surface area contributed by atoms with Crippen molar-refractivity contribution < 1.29 is 9.53 Å². The maximum Gasteiger partial charge on any atom is 0.305 e. The molecule has 0 bridgehead atoms. The quantitative estimate of drug-likeness (QED) is 0.164. The predicted molar refractivity (Wildman–Crippen MR) is 120 cm³/mol. The van der Waals surface area contributed by atoms with E-state index in [4.69, 9.17) is 0 Å². The second-order valence-corrected chi connectivity index (χ2v) is 7.35. The molecule has 5 nitrogen and oxygen atoms in total. The van der Waals surface area contributed by atoms with Gasteiger partial charge in [-0.05, 0) is 37.3 Å². The first-order valence-corrected chi connectivity index (χ1v) is 9.67. The smallest absolute Gasteiger partial charge is 0.305 e. The Morgan fingerprint density at radius 2 is 1.96 bits per heavy atom. The van der Waals surface area contributed by atoms with Crippen LogP contribution < -0.4 is 10.6 Å². The van der Waals surface area contributed by atoms with Crippen LogP contribution in [0, 0.1) is 0 Å². The zero-order valence-corrected chi connectivity index (χ0v) is 19.4. The van der Waals surface area contributed by atoms with Crippen LogP contribution in [0.25, 0.3) is 0 Å². The van der Waals surface area contributed by atoms with Crippen LogP contribution in [0.5, 0.6) is 0 Å². The van der Waals surface area contributed by atoms with Crippen LogP contribution in [-0.2, 0) is 14.9 Å². The number of aliphatic imine (C=N–C) groups is 1. The highest BCUT2D eigenvalue weighted by Gasteiger charge is 2.45. The standard InChI is InChI=1S/C19H28BrN3O2.HI/c1-21-18(22-13-7-3-4-10-17(24)25-2)23-14-19(11-12-19)15-8-5-6-9-16(15)20;/h5-6,8-9H,3-4,7,10-14H2,1-2H3,(H2,21,22,23);1H.